The maximum atomic E-state index is 12.3. The average Bonchev–Trinajstić information content (AvgIpc) is 2.53. The van der Waals surface area contributed by atoms with Crippen LogP contribution in [0.5, 0.6) is 0 Å². The van der Waals surface area contributed by atoms with Gasteiger partial charge in [-0.15, -0.1) is 0 Å². The van der Waals surface area contributed by atoms with E-state index < -0.39 is 6.04 Å². The highest BCUT2D eigenvalue weighted by Crippen LogP contribution is 2.14. The molecular weight excluding hydrogens is 252 g/mol. The highest BCUT2D eigenvalue weighted by Gasteiger charge is 2.25. The second-order valence-corrected chi connectivity index (χ2v) is 4.96. The van der Waals surface area contributed by atoms with Crippen molar-refractivity contribution in [3.05, 3.63) is 35.9 Å². The zero-order chi connectivity index (χ0) is 14.4. The third-order valence-corrected chi connectivity index (χ3v) is 3.65. The number of nitriles is 1. The van der Waals surface area contributed by atoms with Crippen LogP contribution >= 0.6 is 0 Å². The molecule has 0 aromatic heterocycles. The van der Waals surface area contributed by atoms with Crippen molar-refractivity contribution >= 4 is 5.91 Å². The molecule has 0 spiro atoms. The van der Waals surface area contributed by atoms with Gasteiger partial charge in [-0.25, -0.2) is 0 Å². The molecule has 0 bridgehead atoms. The number of hydrogen-bond acceptors (Lipinski definition) is 4. The molecule has 1 aliphatic rings. The third-order valence-electron chi connectivity index (χ3n) is 3.65. The Morgan fingerprint density at radius 3 is 2.50 bits per heavy atom. The fourth-order valence-corrected chi connectivity index (χ4v) is 2.40. The number of piperazine rings is 1. The van der Waals surface area contributed by atoms with Crippen LogP contribution in [0, 0.1) is 11.3 Å². The van der Waals surface area contributed by atoms with E-state index in [0.717, 1.165) is 25.2 Å². The summed E-state index contributed by atoms with van der Waals surface area (Å²) in [6.45, 7) is 3.78. The van der Waals surface area contributed by atoms with Crippen molar-refractivity contribution in [3.63, 3.8) is 0 Å². The molecule has 1 aromatic rings. The summed E-state index contributed by atoms with van der Waals surface area (Å²) in [7, 11) is 0. The van der Waals surface area contributed by atoms with E-state index in [4.69, 9.17) is 11.0 Å². The number of hydrogen-bond donors (Lipinski definition) is 1. The van der Waals surface area contributed by atoms with Crippen molar-refractivity contribution in [2.45, 2.75) is 12.5 Å². The fourth-order valence-electron chi connectivity index (χ4n) is 2.40. The van der Waals surface area contributed by atoms with Crippen molar-refractivity contribution in [2.24, 2.45) is 5.73 Å². The van der Waals surface area contributed by atoms with Crippen LogP contribution in [0.2, 0.25) is 0 Å². The molecule has 1 saturated heterocycles. The van der Waals surface area contributed by atoms with Crippen LogP contribution in [0.4, 0.5) is 0 Å². The van der Waals surface area contributed by atoms with Gasteiger partial charge in [0.15, 0.2) is 0 Å². The minimum absolute atomic E-state index is 0.0175. The van der Waals surface area contributed by atoms with Gasteiger partial charge < -0.3 is 10.6 Å². The molecule has 5 heteroatoms. The van der Waals surface area contributed by atoms with Gasteiger partial charge in [0.05, 0.1) is 6.07 Å². The Morgan fingerprint density at radius 2 is 1.90 bits per heavy atom. The molecule has 2 N–H and O–H groups in total. The topological polar surface area (TPSA) is 73.4 Å². The first kappa shape index (κ1) is 14.5. The van der Waals surface area contributed by atoms with Gasteiger partial charge >= 0.3 is 0 Å². The van der Waals surface area contributed by atoms with E-state index in [-0.39, 0.29) is 5.91 Å². The molecule has 106 valence electrons. The molecule has 0 saturated carbocycles. The van der Waals surface area contributed by atoms with E-state index in [1.54, 1.807) is 0 Å². The van der Waals surface area contributed by atoms with E-state index in [0.29, 0.717) is 19.5 Å². The molecule has 0 aliphatic carbocycles. The van der Waals surface area contributed by atoms with Crippen molar-refractivity contribution in [1.29, 1.82) is 5.26 Å². The molecule has 1 fully saturated rings. The first-order valence-corrected chi connectivity index (χ1v) is 6.91. The van der Waals surface area contributed by atoms with Gasteiger partial charge in [0.1, 0.15) is 6.04 Å². The molecule has 2 rings (SSSR count). The summed E-state index contributed by atoms with van der Waals surface area (Å²) >= 11 is 0. The second kappa shape index (κ2) is 7.04. The molecule has 1 heterocycles. The summed E-state index contributed by atoms with van der Waals surface area (Å²) in [6, 6.07) is 11.0. The number of benzene rings is 1. The van der Waals surface area contributed by atoms with Crippen molar-refractivity contribution in [3.8, 4) is 6.07 Å². The predicted molar refractivity (Wildman–Crippen MR) is 76.6 cm³/mol. The SMILES string of the molecule is N#CCCN1CCN(C(=O)[C@@H](N)c2ccccc2)CC1. The summed E-state index contributed by atoms with van der Waals surface area (Å²) in [5.41, 5.74) is 6.89. The lowest BCUT2D eigenvalue weighted by Crippen LogP contribution is -2.51. The highest BCUT2D eigenvalue weighted by atomic mass is 16.2. The monoisotopic (exact) mass is 272 g/mol. The lowest BCUT2D eigenvalue weighted by molar-refractivity contribution is -0.134. The molecule has 20 heavy (non-hydrogen) atoms. The molecular formula is C15H20N4O. The molecule has 0 unspecified atom stereocenters. The van der Waals surface area contributed by atoms with Crippen LogP contribution in [0.15, 0.2) is 30.3 Å². The average molecular weight is 272 g/mol. The van der Waals surface area contributed by atoms with Gasteiger partial charge in [-0.1, -0.05) is 30.3 Å². The summed E-state index contributed by atoms with van der Waals surface area (Å²) in [5.74, 6) is -0.0175. The summed E-state index contributed by atoms with van der Waals surface area (Å²) in [6.07, 6.45) is 0.539. The number of nitrogens with zero attached hydrogens (tertiary/aromatic N) is 3. The summed E-state index contributed by atoms with van der Waals surface area (Å²) in [5, 5.41) is 8.58. The molecule has 0 radical (unpaired) electrons. The number of carbonyl (C=O) groups excluding carboxylic acids is 1. The third kappa shape index (κ3) is 3.56. The van der Waals surface area contributed by atoms with Gasteiger partial charge in [-0.3, -0.25) is 9.69 Å². The zero-order valence-electron chi connectivity index (χ0n) is 11.5. The number of amides is 1. The van der Waals surface area contributed by atoms with Crippen molar-refractivity contribution < 1.29 is 4.79 Å². The Labute approximate surface area is 119 Å². The van der Waals surface area contributed by atoms with E-state index in [1.807, 2.05) is 35.2 Å². The van der Waals surface area contributed by atoms with Crippen LogP contribution in [0.3, 0.4) is 0 Å². The van der Waals surface area contributed by atoms with Gasteiger partial charge in [0, 0.05) is 39.1 Å². The number of carbonyl (C=O) groups is 1. The molecule has 1 aromatic carbocycles. The summed E-state index contributed by atoms with van der Waals surface area (Å²) < 4.78 is 0. The highest BCUT2D eigenvalue weighted by molar-refractivity contribution is 5.83. The van der Waals surface area contributed by atoms with Gasteiger partial charge in [0.2, 0.25) is 5.91 Å². The smallest absolute Gasteiger partial charge is 0.244 e. The van der Waals surface area contributed by atoms with E-state index in [2.05, 4.69) is 11.0 Å². The van der Waals surface area contributed by atoms with Crippen LogP contribution in [0.1, 0.15) is 18.0 Å². The van der Waals surface area contributed by atoms with Gasteiger partial charge in [-0.2, -0.15) is 5.26 Å². The van der Waals surface area contributed by atoms with Gasteiger partial charge in [0.25, 0.3) is 0 Å². The largest absolute Gasteiger partial charge is 0.338 e. The minimum Gasteiger partial charge on any atom is -0.338 e. The Balaban J connectivity index is 1.87. The Kier molecular flexibility index (Phi) is 5.10. The number of rotatable bonds is 4. The van der Waals surface area contributed by atoms with Crippen LogP contribution in [0.25, 0.3) is 0 Å². The van der Waals surface area contributed by atoms with E-state index >= 15 is 0 Å². The molecule has 1 amide bonds. The van der Waals surface area contributed by atoms with E-state index in [1.165, 1.54) is 0 Å². The predicted octanol–water partition coefficient (Wildman–Crippen LogP) is 0.744. The number of nitrogens with two attached hydrogens (primary N) is 1. The second-order valence-electron chi connectivity index (χ2n) is 4.96. The van der Waals surface area contributed by atoms with Crippen LogP contribution < -0.4 is 5.73 Å². The molecule has 1 aliphatic heterocycles. The fraction of sp³-hybridized carbons (Fsp3) is 0.467. The zero-order valence-corrected chi connectivity index (χ0v) is 11.5. The Morgan fingerprint density at radius 1 is 1.25 bits per heavy atom. The van der Waals surface area contributed by atoms with Crippen LogP contribution in [-0.2, 0) is 4.79 Å². The van der Waals surface area contributed by atoms with E-state index in [9.17, 15) is 4.79 Å². The minimum atomic E-state index is -0.582. The first-order valence-electron chi connectivity index (χ1n) is 6.91. The first-order chi connectivity index (χ1) is 9.72. The van der Waals surface area contributed by atoms with Crippen molar-refractivity contribution in [2.75, 3.05) is 32.7 Å². The normalized spacial score (nSPS) is 17.5. The molecule has 5 nitrogen and oxygen atoms in total. The lowest BCUT2D eigenvalue weighted by Gasteiger charge is -2.35. The van der Waals surface area contributed by atoms with Crippen LogP contribution in [-0.4, -0.2) is 48.4 Å². The van der Waals surface area contributed by atoms with Gasteiger partial charge in [-0.05, 0) is 5.56 Å². The standard InChI is InChI=1S/C15H20N4O/c16-7-4-8-18-9-11-19(12-10-18)15(20)14(17)13-5-2-1-3-6-13/h1-3,5-6,14H,4,8-12,17H2/t14-/m0/s1. The van der Waals surface area contributed by atoms with Crippen molar-refractivity contribution in [1.82, 2.24) is 9.80 Å². The molecule has 1 atom stereocenters. The maximum Gasteiger partial charge on any atom is 0.244 e. The maximum absolute atomic E-state index is 12.3. The quantitative estimate of drug-likeness (QED) is 0.877. The summed E-state index contributed by atoms with van der Waals surface area (Å²) in [4.78, 5) is 16.4. The Hall–Kier alpha value is -1.90. The lowest BCUT2D eigenvalue weighted by atomic mass is 10.1. The Bertz CT molecular complexity index is 474.